The molecule has 21 heavy (non-hydrogen) atoms. The Morgan fingerprint density at radius 3 is 2.43 bits per heavy atom. The van der Waals surface area contributed by atoms with Gasteiger partial charge in [0.05, 0.1) is 18.4 Å². The van der Waals surface area contributed by atoms with Crippen LogP contribution in [0.5, 0.6) is 0 Å². The van der Waals surface area contributed by atoms with E-state index in [-0.39, 0.29) is 11.5 Å². The van der Waals surface area contributed by atoms with Crippen LogP contribution in [0, 0.1) is 0 Å². The van der Waals surface area contributed by atoms with Gasteiger partial charge in [0.15, 0.2) is 0 Å². The molecule has 0 saturated carbocycles. The van der Waals surface area contributed by atoms with Crippen molar-refractivity contribution >= 4 is 45.1 Å². The maximum absolute atomic E-state index is 12.2. The van der Waals surface area contributed by atoms with Crippen molar-refractivity contribution in [3.8, 4) is 0 Å². The zero-order valence-corrected chi connectivity index (χ0v) is 13.4. The molecule has 2 rings (SSSR count). The number of anilines is 1. The van der Waals surface area contributed by atoms with Crippen molar-refractivity contribution in [2.24, 2.45) is 0 Å². The molecule has 0 aliphatic heterocycles. The van der Waals surface area contributed by atoms with Crippen LogP contribution in [0.25, 0.3) is 0 Å². The number of hydrogen-bond donors (Lipinski definition) is 1. The summed E-state index contributed by atoms with van der Waals surface area (Å²) in [5.41, 5.74) is 1.02. The molecule has 2 aromatic rings. The lowest BCUT2D eigenvalue weighted by Gasteiger charge is -2.10. The summed E-state index contributed by atoms with van der Waals surface area (Å²) in [7, 11) is 1.28. The second kappa shape index (κ2) is 6.74. The zero-order valence-electron chi connectivity index (χ0n) is 11.0. The van der Waals surface area contributed by atoms with Crippen molar-refractivity contribution in [2.45, 2.75) is 0 Å². The minimum absolute atomic E-state index is 0.243. The van der Waals surface area contributed by atoms with E-state index in [0.29, 0.717) is 16.3 Å². The fourth-order valence-corrected chi connectivity index (χ4v) is 2.14. The van der Waals surface area contributed by atoms with Gasteiger partial charge < -0.3 is 10.1 Å². The minimum Gasteiger partial charge on any atom is -0.465 e. The molecule has 0 aromatic heterocycles. The number of methoxy groups -OCH3 is 1. The van der Waals surface area contributed by atoms with Crippen LogP contribution in [0.4, 0.5) is 5.69 Å². The molecule has 4 nitrogen and oxygen atoms in total. The summed E-state index contributed by atoms with van der Waals surface area (Å²) in [5, 5.41) is 3.07. The number of ether oxygens (including phenoxy) is 1. The number of carbonyl (C=O) groups is 2. The number of halogens is 2. The minimum atomic E-state index is -0.544. The van der Waals surface area contributed by atoms with Crippen molar-refractivity contribution in [1.82, 2.24) is 0 Å². The summed E-state index contributed by atoms with van der Waals surface area (Å²) in [6.07, 6.45) is 0. The molecule has 1 amide bonds. The van der Waals surface area contributed by atoms with E-state index in [1.54, 1.807) is 30.3 Å². The fraction of sp³-hybridized carbons (Fsp3) is 0.0667. The number of rotatable bonds is 3. The molecule has 0 bridgehead atoms. The molecular weight excluding hydrogens is 358 g/mol. The molecular formula is C15H11BrClNO3. The smallest absolute Gasteiger partial charge is 0.339 e. The van der Waals surface area contributed by atoms with Gasteiger partial charge in [0.25, 0.3) is 5.91 Å². The Bertz CT molecular complexity index is 686. The van der Waals surface area contributed by atoms with Crippen molar-refractivity contribution in [3.63, 3.8) is 0 Å². The van der Waals surface area contributed by atoms with Crippen LogP contribution in [-0.2, 0) is 4.74 Å². The van der Waals surface area contributed by atoms with Gasteiger partial charge in [0, 0.05) is 15.1 Å². The SMILES string of the molecule is COC(=O)c1ccc(Cl)cc1NC(=O)c1ccc(Br)cc1. The molecule has 2 aromatic carbocycles. The molecule has 0 atom stereocenters. The van der Waals surface area contributed by atoms with Gasteiger partial charge in [-0.1, -0.05) is 27.5 Å². The van der Waals surface area contributed by atoms with Crippen molar-refractivity contribution in [3.05, 3.63) is 63.1 Å². The van der Waals surface area contributed by atoms with Crippen molar-refractivity contribution in [2.75, 3.05) is 12.4 Å². The van der Waals surface area contributed by atoms with Gasteiger partial charge in [-0.3, -0.25) is 4.79 Å². The maximum atomic E-state index is 12.2. The Balaban J connectivity index is 2.30. The highest BCUT2D eigenvalue weighted by atomic mass is 79.9. The number of benzene rings is 2. The molecule has 0 aliphatic carbocycles. The third-order valence-corrected chi connectivity index (χ3v) is 3.51. The molecule has 0 unspecified atom stereocenters. The number of esters is 1. The second-order valence-electron chi connectivity index (χ2n) is 4.14. The van der Waals surface area contributed by atoms with E-state index in [1.165, 1.54) is 19.2 Å². The molecule has 0 heterocycles. The third-order valence-electron chi connectivity index (χ3n) is 2.74. The largest absolute Gasteiger partial charge is 0.465 e. The molecule has 0 spiro atoms. The standard InChI is InChI=1S/C15H11BrClNO3/c1-21-15(20)12-7-6-11(17)8-13(12)18-14(19)9-2-4-10(16)5-3-9/h2-8H,1H3,(H,18,19). The number of hydrogen-bond acceptors (Lipinski definition) is 3. The van der Waals surface area contributed by atoms with Crippen LogP contribution in [0.2, 0.25) is 5.02 Å². The van der Waals surface area contributed by atoms with Gasteiger partial charge in [-0.25, -0.2) is 4.79 Å². The van der Waals surface area contributed by atoms with Crippen LogP contribution in [0.1, 0.15) is 20.7 Å². The van der Waals surface area contributed by atoms with Crippen LogP contribution in [0.15, 0.2) is 46.9 Å². The van der Waals surface area contributed by atoms with E-state index >= 15 is 0 Å². The van der Waals surface area contributed by atoms with Gasteiger partial charge in [-0.2, -0.15) is 0 Å². The Hall–Kier alpha value is -1.85. The molecule has 1 N–H and O–H groups in total. The van der Waals surface area contributed by atoms with Crippen LogP contribution in [-0.4, -0.2) is 19.0 Å². The Morgan fingerprint density at radius 1 is 1.14 bits per heavy atom. The summed E-state index contributed by atoms with van der Waals surface area (Å²) < 4.78 is 5.55. The molecule has 0 fully saturated rings. The molecule has 0 aliphatic rings. The molecule has 0 radical (unpaired) electrons. The van der Waals surface area contributed by atoms with Crippen LogP contribution >= 0.6 is 27.5 Å². The van der Waals surface area contributed by atoms with E-state index in [0.717, 1.165) is 4.47 Å². The highest BCUT2D eigenvalue weighted by Gasteiger charge is 2.15. The second-order valence-corrected chi connectivity index (χ2v) is 5.49. The lowest BCUT2D eigenvalue weighted by Crippen LogP contribution is -2.15. The van der Waals surface area contributed by atoms with Gasteiger partial charge in [0.1, 0.15) is 0 Å². The summed E-state index contributed by atoms with van der Waals surface area (Å²) in [5.74, 6) is -0.882. The number of carbonyl (C=O) groups excluding carboxylic acids is 2. The topological polar surface area (TPSA) is 55.4 Å². The highest BCUT2D eigenvalue weighted by Crippen LogP contribution is 2.23. The lowest BCUT2D eigenvalue weighted by atomic mass is 10.1. The van der Waals surface area contributed by atoms with E-state index in [1.807, 2.05) is 0 Å². The predicted octanol–water partition coefficient (Wildman–Crippen LogP) is 4.14. The summed E-state index contributed by atoms with van der Waals surface area (Å²) in [4.78, 5) is 23.9. The summed E-state index contributed by atoms with van der Waals surface area (Å²) in [6.45, 7) is 0. The maximum Gasteiger partial charge on any atom is 0.339 e. The zero-order chi connectivity index (χ0) is 15.4. The quantitative estimate of drug-likeness (QED) is 0.828. The first-order chi connectivity index (χ1) is 10.0. The van der Waals surface area contributed by atoms with Crippen LogP contribution < -0.4 is 5.32 Å². The normalized spacial score (nSPS) is 10.0. The Morgan fingerprint density at radius 2 is 1.81 bits per heavy atom. The first-order valence-corrected chi connectivity index (χ1v) is 7.13. The van der Waals surface area contributed by atoms with Gasteiger partial charge in [-0.15, -0.1) is 0 Å². The molecule has 6 heteroatoms. The molecule has 108 valence electrons. The average molecular weight is 369 g/mol. The highest BCUT2D eigenvalue weighted by molar-refractivity contribution is 9.10. The van der Waals surface area contributed by atoms with Gasteiger partial charge in [-0.05, 0) is 42.5 Å². The van der Waals surface area contributed by atoms with E-state index in [4.69, 9.17) is 11.6 Å². The first-order valence-electron chi connectivity index (χ1n) is 5.96. The van der Waals surface area contributed by atoms with E-state index in [2.05, 4.69) is 26.0 Å². The lowest BCUT2D eigenvalue weighted by molar-refractivity contribution is 0.0602. The van der Waals surface area contributed by atoms with Crippen molar-refractivity contribution < 1.29 is 14.3 Å². The number of nitrogens with one attached hydrogen (secondary N) is 1. The van der Waals surface area contributed by atoms with E-state index < -0.39 is 5.97 Å². The summed E-state index contributed by atoms with van der Waals surface area (Å²) >= 11 is 9.21. The van der Waals surface area contributed by atoms with E-state index in [9.17, 15) is 9.59 Å². The van der Waals surface area contributed by atoms with Crippen LogP contribution in [0.3, 0.4) is 0 Å². The third kappa shape index (κ3) is 3.83. The number of amides is 1. The monoisotopic (exact) mass is 367 g/mol. The Labute approximate surface area is 135 Å². The summed E-state index contributed by atoms with van der Waals surface area (Å²) in [6, 6.07) is 11.4. The first kappa shape index (κ1) is 15.5. The molecule has 0 saturated heterocycles. The average Bonchev–Trinajstić information content (AvgIpc) is 2.47. The Kier molecular flexibility index (Phi) is 4.98. The predicted molar refractivity (Wildman–Crippen MR) is 84.9 cm³/mol. The van der Waals surface area contributed by atoms with Gasteiger partial charge in [0.2, 0.25) is 0 Å². The fourth-order valence-electron chi connectivity index (χ4n) is 1.70. The van der Waals surface area contributed by atoms with Crippen molar-refractivity contribution in [1.29, 1.82) is 0 Å². The van der Waals surface area contributed by atoms with Gasteiger partial charge >= 0.3 is 5.97 Å².